The molecule has 8 heteroatoms. The molecule has 0 bridgehead atoms. The maximum absolute atomic E-state index is 12.1. The summed E-state index contributed by atoms with van der Waals surface area (Å²) < 4.78 is 5.26. The molecule has 2 heterocycles. The number of aryl methyl sites for hydroxylation is 3. The number of hydrogen-bond donors (Lipinski definition) is 1. The molecule has 2 aromatic heterocycles. The van der Waals surface area contributed by atoms with Gasteiger partial charge in [-0.15, -0.1) is 10.2 Å². The fraction of sp³-hybridized carbons (Fsp3) is 0.421. The van der Waals surface area contributed by atoms with Crippen molar-refractivity contribution in [2.45, 2.75) is 52.4 Å². The summed E-state index contributed by atoms with van der Waals surface area (Å²) in [5, 5.41) is 16.4. The molecule has 142 valence electrons. The summed E-state index contributed by atoms with van der Waals surface area (Å²) >= 11 is 1.42. The Morgan fingerprint density at radius 1 is 1.15 bits per heavy atom. The van der Waals surface area contributed by atoms with Crippen molar-refractivity contribution in [3.63, 3.8) is 0 Å². The lowest BCUT2D eigenvalue weighted by Crippen LogP contribution is -2.12. The van der Waals surface area contributed by atoms with Crippen LogP contribution in [-0.2, 0) is 24.1 Å². The number of aromatic nitrogens is 4. The van der Waals surface area contributed by atoms with Crippen LogP contribution in [0.5, 0.6) is 0 Å². The lowest BCUT2D eigenvalue weighted by Gasteiger charge is -1.98. The third kappa shape index (κ3) is 5.43. The van der Waals surface area contributed by atoms with E-state index in [9.17, 15) is 4.79 Å². The van der Waals surface area contributed by atoms with Crippen LogP contribution in [0, 0.1) is 0 Å². The van der Waals surface area contributed by atoms with E-state index in [4.69, 9.17) is 4.52 Å². The maximum Gasteiger partial charge on any atom is 0.227 e. The highest BCUT2D eigenvalue weighted by Crippen LogP contribution is 2.19. The molecule has 0 aliphatic heterocycles. The number of carbonyl (C=O) groups excluding carboxylic acids is 1. The number of carbonyl (C=O) groups is 1. The van der Waals surface area contributed by atoms with Crippen LogP contribution in [0.1, 0.15) is 49.6 Å². The molecule has 1 N–H and O–H groups in total. The zero-order valence-electron chi connectivity index (χ0n) is 15.6. The highest BCUT2D eigenvalue weighted by Gasteiger charge is 2.12. The fourth-order valence-corrected chi connectivity index (χ4v) is 3.30. The predicted molar refractivity (Wildman–Crippen MR) is 105 cm³/mol. The maximum atomic E-state index is 12.1. The van der Waals surface area contributed by atoms with Gasteiger partial charge in [0.1, 0.15) is 5.01 Å². The molecule has 3 rings (SSSR count). The lowest BCUT2D eigenvalue weighted by molar-refractivity contribution is -0.116. The molecular weight excluding hydrogens is 362 g/mol. The van der Waals surface area contributed by atoms with Gasteiger partial charge in [-0.2, -0.15) is 4.98 Å². The van der Waals surface area contributed by atoms with Gasteiger partial charge in [0.05, 0.1) is 0 Å². The first-order valence-electron chi connectivity index (χ1n) is 9.22. The Morgan fingerprint density at radius 3 is 2.70 bits per heavy atom. The lowest BCUT2D eigenvalue weighted by atomic mass is 10.1. The number of anilines is 1. The van der Waals surface area contributed by atoms with Gasteiger partial charge in [0, 0.05) is 24.8 Å². The van der Waals surface area contributed by atoms with E-state index in [1.807, 2.05) is 12.1 Å². The summed E-state index contributed by atoms with van der Waals surface area (Å²) in [4.78, 5) is 16.5. The number of nitrogens with zero attached hydrogens (tertiary/aromatic N) is 4. The molecule has 7 nitrogen and oxygen atoms in total. The third-order valence-corrected chi connectivity index (χ3v) is 5.01. The van der Waals surface area contributed by atoms with Crippen molar-refractivity contribution >= 4 is 22.4 Å². The second-order valence-corrected chi connectivity index (χ2v) is 7.28. The zero-order chi connectivity index (χ0) is 19.1. The Bertz CT molecular complexity index is 872. The summed E-state index contributed by atoms with van der Waals surface area (Å²) in [6, 6.07) is 8.06. The number of rotatable bonds is 9. The predicted octanol–water partition coefficient (Wildman–Crippen LogP) is 4.06. The Labute approximate surface area is 162 Å². The van der Waals surface area contributed by atoms with Crippen molar-refractivity contribution in [3.8, 4) is 11.4 Å². The van der Waals surface area contributed by atoms with Gasteiger partial charge in [-0.1, -0.05) is 61.0 Å². The molecule has 1 amide bonds. The smallest absolute Gasteiger partial charge is 0.227 e. The van der Waals surface area contributed by atoms with E-state index in [2.05, 4.69) is 51.6 Å². The molecule has 0 radical (unpaired) electrons. The summed E-state index contributed by atoms with van der Waals surface area (Å²) in [6.07, 6.45) is 4.70. The molecule has 0 fully saturated rings. The molecule has 3 aromatic rings. The van der Waals surface area contributed by atoms with Crippen LogP contribution in [0.25, 0.3) is 11.4 Å². The average molecular weight is 385 g/mol. The quantitative estimate of drug-likeness (QED) is 0.597. The summed E-state index contributed by atoms with van der Waals surface area (Å²) in [7, 11) is 0. The van der Waals surface area contributed by atoms with E-state index in [0.717, 1.165) is 36.3 Å². The van der Waals surface area contributed by atoms with Crippen LogP contribution in [0.15, 0.2) is 28.8 Å². The molecule has 1 aromatic carbocycles. The van der Waals surface area contributed by atoms with Crippen LogP contribution in [-0.4, -0.2) is 26.2 Å². The van der Waals surface area contributed by atoms with Crippen molar-refractivity contribution in [1.82, 2.24) is 20.3 Å². The molecule has 0 aliphatic rings. The minimum atomic E-state index is -0.139. The SMILES string of the molecule is CCCCc1nnc(NC(=O)CCc2nc(-c3ccc(CC)cc3)no2)s1. The summed E-state index contributed by atoms with van der Waals surface area (Å²) in [6.45, 7) is 4.24. The molecule has 0 atom stereocenters. The third-order valence-electron chi connectivity index (χ3n) is 4.11. The van der Waals surface area contributed by atoms with Crippen molar-refractivity contribution in [2.24, 2.45) is 0 Å². The Morgan fingerprint density at radius 2 is 1.96 bits per heavy atom. The van der Waals surface area contributed by atoms with Gasteiger partial charge in [-0.25, -0.2) is 0 Å². The number of nitrogens with one attached hydrogen (secondary N) is 1. The van der Waals surface area contributed by atoms with Crippen molar-refractivity contribution in [1.29, 1.82) is 0 Å². The van der Waals surface area contributed by atoms with Gasteiger partial charge < -0.3 is 9.84 Å². The van der Waals surface area contributed by atoms with Crippen LogP contribution in [0.2, 0.25) is 0 Å². The van der Waals surface area contributed by atoms with E-state index in [0.29, 0.717) is 23.3 Å². The van der Waals surface area contributed by atoms with E-state index in [1.54, 1.807) is 0 Å². The standard InChI is InChI=1S/C19H23N5O2S/c1-3-5-6-17-22-23-19(27-17)20-15(25)11-12-16-21-18(24-26-16)14-9-7-13(4-2)8-10-14/h7-10H,3-6,11-12H2,1-2H3,(H,20,23,25). The minimum absolute atomic E-state index is 0.139. The van der Waals surface area contributed by atoms with Crippen molar-refractivity contribution in [3.05, 3.63) is 40.7 Å². The van der Waals surface area contributed by atoms with Crippen molar-refractivity contribution in [2.75, 3.05) is 5.32 Å². The molecule has 27 heavy (non-hydrogen) atoms. The highest BCUT2D eigenvalue weighted by atomic mass is 32.1. The van der Waals surface area contributed by atoms with Crippen LogP contribution >= 0.6 is 11.3 Å². The fourth-order valence-electron chi connectivity index (χ4n) is 2.50. The Kier molecular flexibility index (Phi) is 6.64. The van der Waals surface area contributed by atoms with Gasteiger partial charge in [0.2, 0.25) is 22.8 Å². The van der Waals surface area contributed by atoms with Gasteiger partial charge in [0.25, 0.3) is 0 Å². The normalized spacial score (nSPS) is 10.9. The molecular formula is C19H23N5O2S. The second-order valence-electron chi connectivity index (χ2n) is 6.21. The van der Waals surface area contributed by atoms with Crippen LogP contribution in [0.3, 0.4) is 0 Å². The second kappa shape index (κ2) is 9.36. The first-order valence-corrected chi connectivity index (χ1v) is 10.0. The Balaban J connectivity index is 1.50. The first-order chi connectivity index (χ1) is 13.2. The molecule has 0 unspecified atom stereocenters. The molecule has 0 saturated carbocycles. The van der Waals surface area contributed by atoms with Crippen LogP contribution in [0.4, 0.5) is 5.13 Å². The van der Waals surface area contributed by atoms with Crippen molar-refractivity contribution < 1.29 is 9.32 Å². The highest BCUT2D eigenvalue weighted by molar-refractivity contribution is 7.15. The number of amides is 1. The number of unbranched alkanes of at least 4 members (excludes halogenated alkanes) is 1. The topological polar surface area (TPSA) is 93.8 Å². The van der Waals surface area contributed by atoms with E-state index >= 15 is 0 Å². The molecule has 0 saturated heterocycles. The van der Waals surface area contributed by atoms with Gasteiger partial charge >= 0.3 is 0 Å². The van der Waals surface area contributed by atoms with Gasteiger partial charge in [-0.3, -0.25) is 4.79 Å². The molecule has 0 spiro atoms. The minimum Gasteiger partial charge on any atom is -0.339 e. The first kappa shape index (κ1) is 19.2. The van der Waals surface area contributed by atoms with Gasteiger partial charge in [-0.05, 0) is 18.4 Å². The van der Waals surface area contributed by atoms with Gasteiger partial charge in [0.15, 0.2) is 0 Å². The Hall–Kier alpha value is -2.61. The summed E-state index contributed by atoms with van der Waals surface area (Å²) in [5.41, 5.74) is 2.16. The number of benzene rings is 1. The summed E-state index contributed by atoms with van der Waals surface area (Å²) in [5.74, 6) is 0.846. The van der Waals surface area contributed by atoms with E-state index in [1.165, 1.54) is 16.9 Å². The van der Waals surface area contributed by atoms with Crippen LogP contribution < -0.4 is 5.32 Å². The monoisotopic (exact) mass is 385 g/mol. The molecule has 0 aliphatic carbocycles. The number of hydrogen-bond acceptors (Lipinski definition) is 7. The zero-order valence-corrected chi connectivity index (χ0v) is 16.4. The van der Waals surface area contributed by atoms with E-state index in [-0.39, 0.29) is 12.3 Å². The average Bonchev–Trinajstić information content (AvgIpc) is 3.34. The largest absolute Gasteiger partial charge is 0.339 e. The van der Waals surface area contributed by atoms with E-state index < -0.39 is 0 Å².